The minimum absolute atomic E-state index is 0.0119. The number of aromatic hydroxyl groups is 2. The van der Waals surface area contributed by atoms with Crippen LogP contribution < -0.4 is 5.32 Å². The van der Waals surface area contributed by atoms with E-state index in [1.165, 1.54) is 29.5 Å². The number of carbonyl (C=O) groups excluding carboxylic acids is 1. The van der Waals surface area contributed by atoms with Crippen molar-refractivity contribution in [1.82, 2.24) is 4.98 Å². The molecule has 0 spiro atoms. The lowest BCUT2D eigenvalue weighted by Gasteiger charge is -2.05. The van der Waals surface area contributed by atoms with Gasteiger partial charge in [0.15, 0.2) is 16.6 Å². The zero-order valence-electron chi connectivity index (χ0n) is 8.97. The Labute approximate surface area is 101 Å². The number of benzene rings is 1. The molecule has 5 nitrogen and oxygen atoms in total. The number of para-hydroxylation sites is 1. The number of thiazole rings is 1. The lowest BCUT2D eigenvalue weighted by Crippen LogP contribution is -2.11. The SMILES string of the molecule is Cc1csc(NC(=O)c2cccc(O)c2O)n1. The molecular formula is C11H10N2O3S. The van der Waals surface area contributed by atoms with E-state index in [9.17, 15) is 15.0 Å². The molecule has 0 aliphatic carbocycles. The summed E-state index contributed by atoms with van der Waals surface area (Å²) in [4.78, 5) is 15.9. The van der Waals surface area contributed by atoms with Gasteiger partial charge in [-0.15, -0.1) is 11.3 Å². The molecule has 0 saturated heterocycles. The second-order valence-electron chi connectivity index (χ2n) is 3.42. The standard InChI is InChI=1S/C11H10N2O3S/c1-6-5-17-11(12-6)13-10(16)7-3-2-4-8(14)9(7)15/h2-5,14-15H,1H3,(H,12,13,16). The van der Waals surface area contributed by atoms with Gasteiger partial charge in [0.05, 0.1) is 11.3 Å². The molecule has 0 aliphatic rings. The van der Waals surface area contributed by atoms with Gasteiger partial charge in [0.2, 0.25) is 0 Å². The molecule has 0 bridgehead atoms. The lowest BCUT2D eigenvalue weighted by molar-refractivity contribution is 0.102. The number of nitrogens with zero attached hydrogens (tertiary/aromatic N) is 1. The van der Waals surface area contributed by atoms with Crippen LogP contribution in [0.2, 0.25) is 0 Å². The van der Waals surface area contributed by atoms with Crippen LogP contribution in [0, 0.1) is 6.92 Å². The van der Waals surface area contributed by atoms with E-state index in [2.05, 4.69) is 10.3 Å². The maximum Gasteiger partial charge on any atom is 0.261 e. The summed E-state index contributed by atoms with van der Waals surface area (Å²) in [5.74, 6) is -1.26. The molecule has 1 aromatic carbocycles. The number of amides is 1. The van der Waals surface area contributed by atoms with E-state index in [4.69, 9.17) is 0 Å². The van der Waals surface area contributed by atoms with E-state index in [1.54, 1.807) is 5.38 Å². The number of hydrogen-bond acceptors (Lipinski definition) is 5. The smallest absolute Gasteiger partial charge is 0.261 e. The summed E-state index contributed by atoms with van der Waals surface area (Å²) >= 11 is 1.30. The Kier molecular flexibility index (Phi) is 2.97. The molecule has 1 amide bonds. The first-order valence-corrected chi connectivity index (χ1v) is 5.70. The number of phenols is 2. The fraction of sp³-hybridized carbons (Fsp3) is 0.0909. The van der Waals surface area contributed by atoms with Gasteiger partial charge in [-0.05, 0) is 19.1 Å². The molecule has 17 heavy (non-hydrogen) atoms. The third-order valence-corrected chi connectivity index (χ3v) is 2.97. The van der Waals surface area contributed by atoms with Crippen LogP contribution in [0.1, 0.15) is 16.1 Å². The highest BCUT2D eigenvalue weighted by Crippen LogP contribution is 2.29. The van der Waals surface area contributed by atoms with Crippen LogP contribution in [0.3, 0.4) is 0 Å². The van der Waals surface area contributed by atoms with Crippen molar-refractivity contribution in [3.05, 3.63) is 34.8 Å². The van der Waals surface area contributed by atoms with Crippen molar-refractivity contribution >= 4 is 22.4 Å². The zero-order chi connectivity index (χ0) is 12.4. The predicted molar refractivity (Wildman–Crippen MR) is 64.6 cm³/mol. The van der Waals surface area contributed by atoms with Crippen LogP contribution in [0.15, 0.2) is 23.6 Å². The Hall–Kier alpha value is -2.08. The fourth-order valence-electron chi connectivity index (χ4n) is 1.29. The number of hydrogen-bond donors (Lipinski definition) is 3. The van der Waals surface area contributed by atoms with Crippen LogP contribution in [-0.4, -0.2) is 21.1 Å². The molecule has 0 unspecified atom stereocenters. The normalized spacial score (nSPS) is 10.2. The van der Waals surface area contributed by atoms with E-state index in [1.807, 2.05) is 6.92 Å². The van der Waals surface area contributed by atoms with Crippen molar-refractivity contribution in [3.63, 3.8) is 0 Å². The Morgan fingerprint density at radius 2 is 2.18 bits per heavy atom. The maximum absolute atomic E-state index is 11.8. The van der Waals surface area contributed by atoms with Crippen molar-refractivity contribution in [1.29, 1.82) is 0 Å². The molecule has 0 fully saturated rings. The van der Waals surface area contributed by atoms with E-state index >= 15 is 0 Å². The third kappa shape index (κ3) is 2.36. The second kappa shape index (κ2) is 4.42. The summed E-state index contributed by atoms with van der Waals surface area (Å²) in [7, 11) is 0. The van der Waals surface area contributed by atoms with Gasteiger partial charge < -0.3 is 10.2 Å². The van der Waals surface area contributed by atoms with Crippen molar-refractivity contribution in [2.24, 2.45) is 0 Å². The highest BCUT2D eigenvalue weighted by atomic mass is 32.1. The fourth-order valence-corrected chi connectivity index (χ4v) is 1.97. The van der Waals surface area contributed by atoms with Crippen LogP contribution in [0.25, 0.3) is 0 Å². The Morgan fingerprint density at radius 1 is 1.41 bits per heavy atom. The summed E-state index contributed by atoms with van der Waals surface area (Å²) in [6.45, 7) is 1.82. The van der Waals surface area contributed by atoms with Crippen molar-refractivity contribution in [2.45, 2.75) is 6.92 Å². The molecule has 2 rings (SSSR count). The summed E-state index contributed by atoms with van der Waals surface area (Å²) < 4.78 is 0. The Balaban J connectivity index is 2.23. The number of aryl methyl sites for hydroxylation is 1. The minimum Gasteiger partial charge on any atom is -0.504 e. The molecule has 2 aromatic rings. The molecule has 0 atom stereocenters. The number of carbonyl (C=O) groups is 1. The summed E-state index contributed by atoms with van der Waals surface area (Å²) in [6.07, 6.45) is 0. The van der Waals surface area contributed by atoms with Gasteiger partial charge >= 0.3 is 0 Å². The first kappa shape index (κ1) is 11.4. The van der Waals surface area contributed by atoms with Crippen molar-refractivity contribution < 1.29 is 15.0 Å². The van der Waals surface area contributed by atoms with Gasteiger partial charge in [0.1, 0.15) is 0 Å². The number of nitrogens with one attached hydrogen (secondary N) is 1. The summed E-state index contributed by atoms with van der Waals surface area (Å²) in [6, 6.07) is 4.21. The first-order valence-electron chi connectivity index (χ1n) is 4.82. The number of rotatable bonds is 2. The number of anilines is 1. The summed E-state index contributed by atoms with van der Waals surface area (Å²) in [5.41, 5.74) is 0.822. The zero-order valence-corrected chi connectivity index (χ0v) is 9.78. The molecule has 0 saturated carbocycles. The number of phenolic OH excluding ortho intramolecular Hbond substituents is 2. The molecule has 6 heteroatoms. The second-order valence-corrected chi connectivity index (χ2v) is 4.28. The molecule has 1 heterocycles. The minimum atomic E-state index is -0.507. The van der Waals surface area contributed by atoms with Crippen LogP contribution >= 0.6 is 11.3 Å². The maximum atomic E-state index is 11.8. The van der Waals surface area contributed by atoms with Crippen LogP contribution in [0.4, 0.5) is 5.13 Å². The van der Waals surface area contributed by atoms with Crippen LogP contribution in [0.5, 0.6) is 11.5 Å². The highest BCUT2D eigenvalue weighted by Gasteiger charge is 2.14. The van der Waals surface area contributed by atoms with Gasteiger partial charge in [0, 0.05) is 5.38 Å². The van der Waals surface area contributed by atoms with Gasteiger partial charge in [0.25, 0.3) is 5.91 Å². The van der Waals surface area contributed by atoms with Gasteiger partial charge in [-0.25, -0.2) is 4.98 Å². The first-order chi connectivity index (χ1) is 8.08. The summed E-state index contributed by atoms with van der Waals surface area (Å²) in [5, 5.41) is 23.6. The highest BCUT2D eigenvalue weighted by molar-refractivity contribution is 7.13. The topological polar surface area (TPSA) is 82.5 Å². The lowest BCUT2D eigenvalue weighted by atomic mass is 10.2. The molecule has 0 radical (unpaired) electrons. The number of aromatic nitrogens is 1. The van der Waals surface area contributed by atoms with Gasteiger partial charge in [-0.2, -0.15) is 0 Å². The Morgan fingerprint density at radius 3 is 2.82 bits per heavy atom. The van der Waals surface area contributed by atoms with Crippen molar-refractivity contribution in [2.75, 3.05) is 5.32 Å². The van der Waals surface area contributed by atoms with E-state index in [0.717, 1.165) is 5.69 Å². The molecular weight excluding hydrogens is 240 g/mol. The van der Waals surface area contributed by atoms with Gasteiger partial charge in [-0.1, -0.05) is 6.07 Å². The molecule has 3 N–H and O–H groups in total. The van der Waals surface area contributed by atoms with Crippen molar-refractivity contribution in [3.8, 4) is 11.5 Å². The Bertz CT molecular complexity index is 566. The van der Waals surface area contributed by atoms with Crippen LogP contribution in [-0.2, 0) is 0 Å². The largest absolute Gasteiger partial charge is 0.504 e. The monoisotopic (exact) mass is 250 g/mol. The quantitative estimate of drug-likeness (QED) is 0.713. The average molecular weight is 250 g/mol. The predicted octanol–water partition coefficient (Wildman–Crippen LogP) is 2.12. The van der Waals surface area contributed by atoms with E-state index < -0.39 is 11.7 Å². The molecule has 0 aliphatic heterocycles. The molecule has 1 aromatic heterocycles. The molecule has 88 valence electrons. The van der Waals surface area contributed by atoms with Gasteiger partial charge in [-0.3, -0.25) is 10.1 Å². The average Bonchev–Trinajstić information content (AvgIpc) is 2.68. The van der Waals surface area contributed by atoms with E-state index in [0.29, 0.717) is 5.13 Å². The van der Waals surface area contributed by atoms with E-state index in [-0.39, 0.29) is 11.3 Å². The third-order valence-electron chi connectivity index (χ3n) is 2.10.